The lowest BCUT2D eigenvalue weighted by Crippen LogP contribution is -2.36. The van der Waals surface area contributed by atoms with Gasteiger partial charge in [-0.3, -0.25) is 19.4 Å². The molecule has 0 aliphatic carbocycles. The van der Waals surface area contributed by atoms with Crippen LogP contribution in [0, 0.1) is 5.82 Å². The molecule has 1 fully saturated rings. The fraction of sp³-hybridized carbons (Fsp3) is 0.292. The van der Waals surface area contributed by atoms with E-state index in [1.54, 1.807) is 24.4 Å². The molecular weight excluding hydrogens is 534 g/mol. The van der Waals surface area contributed by atoms with Gasteiger partial charge in [-0.15, -0.1) is 0 Å². The SMILES string of the molecule is CC(=O)OP(=O)(O)N(CC1CN(c2ccc(-c3ccc(CNCc4cn[nH]n4)cc3)c(F)c2)C(=O)O1)C(C)=O. The number of benzene rings is 2. The van der Waals surface area contributed by atoms with Crippen molar-refractivity contribution in [2.45, 2.75) is 33.0 Å². The van der Waals surface area contributed by atoms with Crippen molar-refractivity contribution in [2.24, 2.45) is 0 Å². The Morgan fingerprint density at radius 1 is 1.26 bits per heavy atom. The number of ether oxygens (including phenoxy) is 1. The van der Waals surface area contributed by atoms with E-state index < -0.39 is 44.2 Å². The van der Waals surface area contributed by atoms with Gasteiger partial charge in [-0.25, -0.2) is 18.4 Å². The number of cyclic esters (lactones) is 1. The van der Waals surface area contributed by atoms with Crippen LogP contribution in [-0.4, -0.2) is 62.1 Å². The molecule has 2 unspecified atom stereocenters. The second-order valence-corrected chi connectivity index (χ2v) is 10.4. The molecule has 4 rings (SSSR count). The van der Waals surface area contributed by atoms with Gasteiger partial charge in [0, 0.05) is 32.5 Å². The second kappa shape index (κ2) is 11.7. The van der Waals surface area contributed by atoms with Crippen LogP contribution in [0.4, 0.5) is 14.9 Å². The third kappa shape index (κ3) is 6.85. The highest BCUT2D eigenvalue weighted by Gasteiger charge is 2.41. The molecule has 1 aliphatic heterocycles. The molecule has 3 N–H and O–H groups in total. The van der Waals surface area contributed by atoms with Crippen LogP contribution in [-0.2, 0) is 36.5 Å². The maximum atomic E-state index is 15.1. The van der Waals surface area contributed by atoms with Crippen LogP contribution in [0.3, 0.4) is 0 Å². The lowest BCUT2D eigenvalue weighted by atomic mass is 10.0. The molecule has 3 aromatic rings. The first-order chi connectivity index (χ1) is 18.5. The van der Waals surface area contributed by atoms with E-state index in [0.29, 0.717) is 28.9 Å². The zero-order chi connectivity index (χ0) is 28.2. The first-order valence-electron chi connectivity index (χ1n) is 11.8. The number of rotatable bonds is 10. The highest BCUT2D eigenvalue weighted by molar-refractivity contribution is 7.51. The average molecular weight is 560 g/mol. The highest BCUT2D eigenvalue weighted by atomic mass is 31.2. The van der Waals surface area contributed by atoms with Crippen molar-refractivity contribution in [2.75, 3.05) is 18.0 Å². The summed E-state index contributed by atoms with van der Waals surface area (Å²) in [7, 11) is -4.80. The van der Waals surface area contributed by atoms with Crippen LogP contribution in [0.2, 0.25) is 0 Å². The molecule has 2 amide bonds. The zero-order valence-electron chi connectivity index (χ0n) is 21.0. The standard InChI is InChI=1S/C24H26FN6O7P/c1-15(32)31(39(35,36)38-16(2)33)14-21-13-30(24(34)37-21)20-7-8-22(23(25)9-20)18-5-3-17(4-6-18)10-26-11-19-12-27-29-28-19/h3-9,12,21,26H,10-11,13-14H2,1-2H3,(H,35,36)(H,27,28,29). The molecule has 1 aromatic heterocycles. The molecule has 1 aliphatic rings. The van der Waals surface area contributed by atoms with Crippen molar-refractivity contribution >= 4 is 31.4 Å². The lowest BCUT2D eigenvalue weighted by molar-refractivity contribution is -0.134. The van der Waals surface area contributed by atoms with E-state index in [1.165, 1.54) is 12.1 Å². The summed E-state index contributed by atoms with van der Waals surface area (Å²) >= 11 is 0. The van der Waals surface area contributed by atoms with Gasteiger partial charge in [0.1, 0.15) is 11.9 Å². The molecule has 0 radical (unpaired) electrons. The third-order valence-corrected chi connectivity index (χ3v) is 7.35. The molecule has 206 valence electrons. The molecule has 0 spiro atoms. The Bertz CT molecular complexity index is 1400. The molecule has 39 heavy (non-hydrogen) atoms. The van der Waals surface area contributed by atoms with Crippen molar-refractivity contribution < 1.29 is 37.5 Å². The molecule has 1 saturated heterocycles. The number of halogens is 1. The third-order valence-electron chi connectivity index (χ3n) is 5.80. The number of hydrogen-bond acceptors (Lipinski definition) is 9. The first-order valence-corrected chi connectivity index (χ1v) is 13.3. The predicted octanol–water partition coefficient (Wildman–Crippen LogP) is 2.74. The quantitative estimate of drug-likeness (QED) is 0.314. The monoisotopic (exact) mass is 560 g/mol. The Balaban J connectivity index is 1.40. The van der Waals surface area contributed by atoms with E-state index >= 15 is 4.39 Å². The summed E-state index contributed by atoms with van der Waals surface area (Å²) in [5, 5.41) is 13.5. The van der Waals surface area contributed by atoms with Crippen molar-refractivity contribution in [3.8, 4) is 11.1 Å². The Hall–Kier alpha value is -4.13. The van der Waals surface area contributed by atoms with E-state index in [0.717, 1.165) is 30.0 Å². The summed E-state index contributed by atoms with van der Waals surface area (Å²) < 4.78 is 37.5. The van der Waals surface area contributed by atoms with Crippen LogP contribution in [0.25, 0.3) is 11.1 Å². The molecule has 2 heterocycles. The van der Waals surface area contributed by atoms with Gasteiger partial charge in [0.05, 0.1) is 30.7 Å². The molecular formula is C24H26FN6O7P. The Morgan fingerprint density at radius 2 is 2.00 bits per heavy atom. The largest absolute Gasteiger partial charge is 0.490 e. The van der Waals surface area contributed by atoms with Gasteiger partial charge in [0.2, 0.25) is 5.91 Å². The van der Waals surface area contributed by atoms with Gasteiger partial charge in [-0.05, 0) is 29.3 Å². The van der Waals surface area contributed by atoms with Gasteiger partial charge in [-0.1, -0.05) is 24.3 Å². The molecule has 2 atom stereocenters. The number of nitrogens with zero attached hydrogens (tertiary/aromatic N) is 4. The molecule has 0 saturated carbocycles. The Kier molecular flexibility index (Phi) is 8.38. The van der Waals surface area contributed by atoms with Gasteiger partial charge < -0.3 is 14.6 Å². The summed E-state index contributed by atoms with van der Waals surface area (Å²) in [6, 6.07) is 11.6. The molecule has 2 aromatic carbocycles. The minimum atomic E-state index is -4.80. The normalized spacial score (nSPS) is 16.5. The highest BCUT2D eigenvalue weighted by Crippen LogP contribution is 2.47. The fourth-order valence-electron chi connectivity index (χ4n) is 4.00. The zero-order valence-corrected chi connectivity index (χ0v) is 21.9. The van der Waals surface area contributed by atoms with E-state index in [2.05, 4.69) is 25.3 Å². The maximum Gasteiger partial charge on any atom is 0.490 e. The van der Waals surface area contributed by atoms with Crippen molar-refractivity contribution in [1.82, 2.24) is 25.4 Å². The molecule has 15 heteroatoms. The number of aromatic amines is 1. The summed E-state index contributed by atoms with van der Waals surface area (Å²) in [6.07, 6.45) is -0.214. The summed E-state index contributed by atoms with van der Waals surface area (Å²) in [6.45, 7) is 2.44. The van der Waals surface area contributed by atoms with Crippen molar-refractivity contribution in [3.05, 3.63) is 65.7 Å². The van der Waals surface area contributed by atoms with E-state index in [4.69, 9.17) is 4.74 Å². The van der Waals surface area contributed by atoms with Gasteiger partial charge in [0.25, 0.3) is 0 Å². The van der Waals surface area contributed by atoms with E-state index in [1.807, 2.05) is 12.1 Å². The number of carbonyl (C=O) groups is 3. The summed E-state index contributed by atoms with van der Waals surface area (Å²) in [5.74, 6) is -2.48. The second-order valence-electron chi connectivity index (χ2n) is 8.72. The fourth-order valence-corrected chi connectivity index (χ4v) is 5.18. The van der Waals surface area contributed by atoms with Crippen LogP contribution in [0.1, 0.15) is 25.1 Å². The maximum absolute atomic E-state index is 15.1. The molecule has 0 bridgehead atoms. The number of H-pyrrole nitrogens is 1. The number of anilines is 1. The van der Waals surface area contributed by atoms with Crippen LogP contribution < -0.4 is 10.2 Å². The Morgan fingerprint density at radius 3 is 2.62 bits per heavy atom. The van der Waals surface area contributed by atoms with Gasteiger partial charge >= 0.3 is 19.8 Å². The lowest BCUT2D eigenvalue weighted by Gasteiger charge is -2.26. The molecule has 13 nitrogen and oxygen atoms in total. The number of aromatic nitrogens is 3. The first kappa shape index (κ1) is 27.9. The van der Waals surface area contributed by atoms with Crippen LogP contribution in [0.15, 0.2) is 48.7 Å². The number of hydrogen-bond donors (Lipinski definition) is 3. The van der Waals surface area contributed by atoms with Gasteiger partial charge in [0.15, 0.2) is 0 Å². The van der Waals surface area contributed by atoms with Gasteiger partial charge in [-0.2, -0.15) is 15.4 Å². The average Bonchev–Trinajstić information content (AvgIpc) is 3.51. The smallest absolute Gasteiger partial charge is 0.442 e. The summed E-state index contributed by atoms with van der Waals surface area (Å²) in [5.41, 5.74) is 2.95. The van der Waals surface area contributed by atoms with E-state index in [9.17, 15) is 23.8 Å². The Labute approximate surface area is 222 Å². The topological polar surface area (TPSA) is 167 Å². The predicted molar refractivity (Wildman–Crippen MR) is 135 cm³/mol. The number of amides is 2. The van der Waals surface area contributed by atoms with Crippen LogP contribution >= 0.6 is 7.75 Å². The van der Waals surface area contributed by atoms with Crippen LogP contribution in [0.5, 0.6) is 0 Å². The van der Waals surface area contributed by atoms with E-state index in [-0.39, 0.29) is 12.2 Å². The minimum Gasteiger partial charge on any atom is -0.442 e. The number of nitrogens with one attached hydrogen (secondary N) is 2. The van der Waals surface area contributed by atoms with Crippen molar-refractivity contribution in [3.63, 3.8) is 0 Å². The number of carbonyl (C=O) groups excluding carboxylic acids is 3. The minimum absolute atomic E-state index is 0.127. The van der Waals surface area contributed by atoms with Crippen molar-refractivity contribution in [1.29, 1.82) is 0 Å². The summed E-state index contributed by atoms with van der Waals surface area (Å²) in [4.78, 5) is 46.7.